The van der Waals surface area contributed by atoms with Crippen molar-refractivity contribution in [3.8, 4) is 11.5 Å². The van der Waals surface area contributed by atoms with Crippen LogP contribution in [0.5, 0.6) is 11.5 Å². The zero-order chi connectivity index (χ0) is 14.0. The summed E-state index contributed by atoms with van der Waals surface area (Å²) in [4.78, 5) is 11.0. The van der Waals surface area contributed by atoms with Gasteiger partial charge in [0, 0.05) is 11.1 Å². The third kappa shape index (κ3) is 2.11. The number of rotatable bonds is 4. The Balaban J connectivity index is 3.68. The van der Waals surface area contributed by atoms with Crippen LogP contribution in [-0.4, -0.2) is 25.3 Å². The smallest absolute Gasteiger partial charge is 0.325 e. The number of nitrogens with two attached hydrogens (primary N) is 1. The van der Waals surface area contributed by atoms with Crippen LogP contribution in [-0.2, 0) is 4.79 Å². The van der Waals surface area contributed by atoms with E-state index >= 15 is 0 Å². The number of carboxylic acid groups (broad SMARTS) is 1. The average Bonchev–Trinajstić information content (AvgIpc) is 2.34. The fraction of sp³-hybridized carbons (Fsp3) is 0.417. The Labute approximate surface area is 104 Å². The summed E-state index contributed by atoms with van der Waals surface area (Å²) in [6, 6.07) is -1.37. The first-order chi connectivity index (χ1) is 8.36. The van der Waals surface area contributed by atoms with Crippen LogP contribution in [0.15, 0.2) is 0 Å². The van der Waals surface area contributed by atoms with Crippen molar-refractivity contribution in [2.24, 2.45) is 5.73 Å². The summed E-state index contributed by atoms with van der Waals surface area (Å²) in [5, 5.41) is 8.96. The molecular weight excluding hydrogens is 241 g/mol. The van der Waals surface area contributed by atoms with E-state index in [4.69, 9.17) is 20.3 Å². The van der Waals surface area contributed by atoms with Crippen molar-refractivity contribution < 1.29 is 23.8 Å². The van der Waals surface area contributed by atoms with Gasteiger partial charge in [0.2, 0.25) is 0 Å². The van der Waals surface area contributed by atoms with E-state index in [1.165, 1.54) is 28.1 Å². The number of benzene rings is 1. The van der Waals surface area contributed by atoms with Crippen LogP contribution in [0.25, 0.3) is 0 Å². The van der Waals surface area contributed by atoms with Crippen molar-refractivity contribution >= 4 is 5.97 Å². The molecule has 0 saturated carbocycles. The lowest BCUT2D eigenvalue weighted by Crippen LogP contribution is -2.23. The molecule has 1 aromatic carbocycles. The molecule has 0 amide bonds. The molecule has 0 heterocycles. The largest absolute Gasteiger partial charge is 0.492 e. The minimum absolute atomic E-state index is 0.0879. The molecule has 0 aliphatic carbocycles. The quantitative estimate of drug-likeness (QED) is 0.855. The van der Waals surface area contributed by atoms with Gasteiger partial charge in [-0.1, -0.05) is 0 Å². The van der Waals surface area contributed by atoms with Crippen molar-refractivity contribution in [1.82, 2.24) is 0 Å². The molecule has 3 N–H and O–H groups in total. The van der Waals surface area contributed by atoms with Gasteiger partial charge in [-0.05, 0) is 19.4 Å². The van der Waals surface area contributed by atoms with E-state index in [-0.39, 0.29) is 28.2 Å². The fourth-order valence-electron chi connectivity index (χ4n) is 1.91. The highest BCUT2D eigenvalue weighted by Gasteiger charge is 2.28. The molecule has 1 rings (SSSR count). The Morgan fingerprint density at radius 1 is 1.22 bits per heavy atom. The fourth-order valence-corrected chi connectivity index (χ4v) is 1.91. The molecule has 0 aliphatic heterocycles. The summed E-state index contributed by atoms with van der Waals surface area (Å²) >= 11 is 0. The number of hydrogen-bond acceptors (Lipinski definition) is 4. The highest BCUT2D eigenvalue weighted by molar-refractivity contribution is 5.78. The number of aliphatic carboxylic acids is 1. The van der Waals surface area contributed by atoms with Crippen LogP contribution in [0.3, 0.4) is 0 Å². The number of carboxylic acids is 1. The summed E-state index contributed by atoms with van der Waals surface area (Å²) in [6.45, 7) is 2.99. The zero-order valence-corrected chi connectivity index (χ0v) is 10.7. The standard InChI is InChI=1S/C12H16FNO4/c1-5-7(9(14)12(15)16)11(18-4)10(17-3)6(2)8(5)13/h9H,14H2,1-4H3,(H,15,16). The van der Waals surface area contributed by atoms with Gasteiger partial charge in [0.1, 0.15) is 11.9 Å². The lowest BCUT2D eigenvalue weighted by atomic mass is 9.96. The highest BCUT2D eigenvalue weighted by Crippen LogP contribution is 2.41. The monoisotopic (exact) mass is 257 g/mol. The van der Waals surface area contributed by atoms with Crippen molar-refractivity contribution in [3.63, 3.8) is 0 Å². The molecule has 5 nitrogen and oxygen atoms in total. The van der Waals surface area contributed by atoms with Crippen LogP contribution < -0.4 is 15.2 Å². The summed E-state index contributed by atoms with van der Waals surface area (Å²) < 4.78 is 24.2. The molecule has 1 atom stereocenters. The Morgan fingerprint density at radius 2 is 1.72 bits per heavy atom. The number of hydrogen-bond donors (Lipinski definition) is 2. The zero-order valence-electron chi connectivity index (χ0n) is 10.7. The first-order valence-electron chi connectivity index (χ1n) is 5.25. The van der Waals surface area contributed by atoms with Crippen LogP contribution in [0, 0.1) is 19.7 Å². The van der Waals surface area contributed by atoms with Gasteiger partial charge in [-0.25, -0.2) is 4.39 Å². The molecule has 6 heteroatoms. The number of carbonyl (C=O) groups is 1. The molecular formula is C12H16FNO4. The maximum absolute atomic E-state index is 14.0. The summed E-state index contributed by atoms with van der Waals surface area (Å²) in [5.74, 6) is -1.49. The molecule has 0 radical (unpaired) electrons. The van der Waals surface area contributed by atoms with Crippen LogP contribution >= 0.6 is 0 Å². The van der Waals surface area contributed by atoms with Crippen LogP contribution in [0.1, 0.15) is 22.7 Å². The van der Waals surface area contributed by atoms with E-state index in [1.807, 2.05) is 0 Å². The molecule has 0 fully saturated rings. The predicted octanol–water partition coefficient (Wildman–Crippen LogP) is 1.54. The number of halogens is 1. The van der Waals surface area contributed by atoms with E-state index in [1.54, 1.807) is 0 Å². The molecule has 0 saturated heterocycles. The minimum Gasteiger partial charge on any atom is -0.492 e. The van der Waals surface area contributed by atoms with E-state index in [0.29, 0.717) is 0 Å². The Morgan fingerprint density at radius 3 is 2.11 bits per heavy atom. The maximum Gasteiger partial charge on any atom is 0.325 e. The first kappa shape index (κ1) is 14.2. The summed E-state index contributed by atoms with van der Waals surface area (Å²) in [5.41, 5.74) is 6.05. The van der Waals surface area contributed by atoms with Gasteiger partial charge in [0.05, 0.1) is 14.2 Å². The van der Waals surface area contributed by atoms with Gasteiger partial charge in [-0.15, -0.1) is 0 Å². The molecule has 18 heavy (non-hydrogen) atoms. The van der Waals surface area contributed by atoms with Gasteiger partial charge in [0.15, 0.2) is 11.5 Å². The predicted molar refractivity (Wildman–Crippen MR) is 63.5 cm³/mol. The second-order valence-electron chi connectivity index (χ2n) is 3.86. The second-order valence-corrected chi connectivity index (χ2v) is 3.86. The highest BCUT2D eigenvalue weighted by atomic mass is 19.1. The van der Waals surface area contributed by atoms with Crippen molar-refractivity contribution in [2.75, 3.05) is 14.2 Å². The Hall–Kier alpha value is -1.82. The lowest BCUT2D eigenvalue weighted by molar-refractivity contribution is -0.138. The molecule has 0 aliphatic rings. The van der Waals surface area contributed by atoms with Gasteiger partial charge in [0.25, 0.3) is 0 Å². The number of ether oxygens (including phenoxy) is 2. The van der Waals surface area contributed by atoms with Crippen LogP contribution in [0.4, 0.5) is 4.39 Å². The van der Waals surface area contributed by atoms with E-state index in [9.17, 15) is 9.18 Å². The maximum atomic E-state index is 14.0. The second kappa shape index (κ2) is 5.22. The van der Waals surface area contributed by atoms with Gasteiger partial charge < -0.3 is 20.3 Å². The molecule has 0 aromatic heterocycles. The Kier molecular flexibility index (Phi) is 4.13. The number of methoxy groups -OCH3 is 2. The van der Waals surface area contributed by atoms with E-state index in [0.717, 1.165) is 0 Å². The third-order valence-corrected chi connectivity index (χ3v) is 2.84. The van der Waals surface area contributed by atoms with E-state index < -0.39 is 17.8 Å². The van der Waals surface area contributed by atoms with Gasteiger partial charge >= 0.3 is 5.97 Å². The third-order valence-electron chi connectivity index (χ3n) is 2.84. The lowest BCUT2D eigenvalue weighted by Gasteiger charge is -2.20. The summed E-state index contributed by atoms with van der Waals surface area (Å²) in [6.07, 6.45) is 0. The minimum atomic E-state index is -1.37. The SMILES string of the molecule is COc1c(C)c(F)c(C)c(C(N)C(=O)O)c1OC. The van der Waals surface area contributed by atoms with Crippen molar-refractivity contribution in [1.29, 1.82) is 0 Å². The average molecular weight is 257 g/mol. The van der Waals surface area contributed by atoms with Gasteiger partial charge in [-0.3, -0.25) is 4.79 Å². The molecule has 1 unspecified atom stereocenters. The molecule has 0 spiro atoms. The van der Waals surface area contributed by atoms with Crippen molar-refractivity contribution in [3.05, 3.63) is 22.5 Å². The summed E-state index contributed by atoms with van der Waals surface area (Å²) in [7, 11) is 2.71. The normalized spacial score (nSPS) is 12.1. The molecule has 1 aromatic rings. The van der Waals surface area contributed by atoms with Crippen molar-refractivity contribution in [2.45, 2.75) is 19.9 Å². The molecule has 100 valence electrons. The Bertz CT molecular complexity index is 488. The molecule has 0 bridgehead atoms. The van der Waals surface area contributed by atoms with Crippen LogP contribution in [0.2, 0.25) is 0 Å². The first-order valence-corrected chi connectivity index (χ1v) is 5.25. The van der Waals surface area contributed by atoms with E-state index in [2.05, 4.69) is 0 Å². The topological polar surface area (TPSA) is 81.8 Å². The van der Waals surface area contributed by atoms with Gasteiger partial charge in [-0.2, -0.15) is 0 Å².